The van der Waals surface area contributed by atoms with Gasteiger partial charge in [0.05, 0.1) is 12.9 Å². The van der Waals surface area contributed by atoms with Crippen molar-refractivity contribution >= 4 is 16.1 Å². The molecule has 0 heterocycles. The minimum Gasteiger partial charge on any atom is -0.450 e. The van der Waals surface area contributed by atoms with Crippen LogP contribution in [-0.4, -0.2) is 51.3 Å². The van der Waals surface area contributed by atoms with Crippen molar-refractivity contribution in [1.29, 1.82) is 0 Å². The molecule has 0 aliphatic heterocycles. The maximum absolute atomic E-state index is 11.3. The Morgan fingerprint density at radius 3 is 2.62 bits per heavy atom. The van der Waals surface area contributed by atoms with E-state index < -0.39 is 16.1 Å². The van der Waals surface area contributed by atoms with Crippen molar-refractivity contribution in [3.63, 3.8) is 0 Å². The molecule has 0 bridgehead atoms. The first kappa shape index (κ1) is 14.9. The van der Waals surface area contributed by atoms with Gasteiger partial charge in [0.2, 0.25) is 10.0 Å². The molecule has 0 aromatic heterocycles. The van der Waals surface area contributed by atoms with Crippen molar-refractivity contribution < 1.29 is 17.9 Å². The molecule has 0 unspecified atom stereocenters. The molecule has 94 valence electrons. The molecule has 0 radical (unpaired) electrons. The highest BCUT2D eigenvalue weighted by molar-refractivity contribution is 7.88. The Morgan fingerprint density at radius 1 is 1.56 bits per heavy atom. The largest absolute Gasteiger partial charge is 0.450 e. The van der Waals surface area contributed by atoms with Crippen LogP contribution < -0.4 is 5.32 Å². The van der Waals surface area contributed by atoms with E-state index in [2.05, 4.69) is 16.6 Å². The van der Waals surface area contributed by atoms with Crippen molar-refractivity contribution in [2.75, 3.05) is 32.5 Å². The van der Waals surface area contributed by atoms with E-state index in [9.17, 15) is 13.2 Å². The second-order valence-electron chi connectivity index (χ2n) is 3.06. The van der Waals surface area contributed by atoms with Crippen LogP contribution in [0.1, 0.15) is 6.92 Å². The van der Waals surface area contributed by atoms with Crippen LogP contribution in [-0.2, 0) is 14.8 Å². The Labute approximate surface area is 96.3 Å². The quantitative estimate of drug-likeness (QED) is 0.654. The number of hydrogen-bond acceptors (Lipinski definition) is 4. The van der Waals surface area contributed by atoms with E-state index in [-0.39, 0.29) is 26.2 Å². The standard InChI is InChI=1S/C9H18N2O4S/c1-4-7-11(16(3,13)14)8-6-10-9(12)15-5-2/h4H,1,5-8H2,2-3H3,(H,10,12). The summed E-state index contributed by atoms with van der Waals surface area (Å²) in [5.74, 6) is 0. The van der Waals surface area contributed by atoms with E-state index in [1.807, 2.05) is 0 Å². The number of ether oxygens (including phenoxy) is 1. The monoisotopic (exact) mass is 250 g/mol. The lowest BCUT2D eigenvalue weighted by molar-refractivity contribution is 0.151. The van der Waals surface area contributed by atoms with E-state index >= 15 is 0 Å². The summed E-state index contributed by atoms with van der Waals surface area (Å²) < 4.78 is 28.4. The maximum Gasteiger partial charge on any atom is 0.407 e. The molecule has 1 amide bonds. The normalized spacial score (nSPS) is 11.2. The minimum absolute atomic E-state index is 0.198. The molecule has 7 heteroatoms. The van der Waals surface area contributed by atoms with Crippen LogP contribution in [0.15, 0.2) is 12.7 Å². The summed E-state index contributed by atoms with van der Waals surface area (Å²) >= 11 is 0. The zero-order valence-corrected chi connectivity index (χ0v) is 10.4. The molecule has 1 N–H and O–H groups in total. The van der Waals surface area contributed by atoms with Gasteiger partial charge in [0, 0.05) is 19.6 Å². The first-order valence-corrected chi connectivity index (χ1v) is 6.73. The molecule has 0 aliphatic rings. The Kier molecular flexibility index (Phi) is 6.75. The fraction of sp³-hybridized carbons (Fsp3) is 0.667. The highest BCUT2D eigenvalue weighted by atomic mass is 32.2. The molecular weight excluding hydrogens is 232 g/mol. The Bertz CT molecular complexity index is 326. The molecule has 0 atom stereocenters. The number of carbonyl (C=O) groups excluding carboxylic acids is 1. The van der Waals surface area contributed by atoms with Crippen molar-refractivity contribution in [2.24, 2.45) is 0 Å². The van der Waals surface area contributed by atoms with E-state index in [0.717, 1.165) is 6.26 Å². The highest BCUT2D eigenvalue weighted by Crippen LogP contribution is 1.96. The number of alkyl carbamates (subject to hydrolysis) is 1. The smallest absolute Gasteiger partial charge is 0.407 e. The first-order chi connectivity index (χ1) is 7.41. The van der Waals surface area contributed by atoms with Crippen LogP contribution in [0.2, 0.25) is 0 Å². The van der Waals surface area contributed by atoms with Gasteiger partial charge in [0.25, 0.3) is 0 Å². The second kappa shape index (κ2) is 7.24. The molecule has 0 fully saturated rings. The molecule has 0 saturated heterocycles. The third-order valence-electron chi connectivity index (χ3n) is 1.71. The zero-order chi connectivity index (χ0) is 12.6. The van der Waals surface area contributed by atoms with Crippen molar-refractivity contribution in [1.82, 2.24) is 9.62 Å². The summed E-state index contributed by atoms with van der Waals surface area (Å²) in [5, 5.41) is 2.44. The molecular formula is C9H18N2O4S. The van der Waals surface area contributed by atoms with Crippen LogP contribution in [0, 0.1) is 0 Å². The van der Waals surface area contributed by atoms with Gasteiger partial charge in [-0.15, -0.1) is 6.58 Å². The van der Waals surface area contributed by atoms with Crippen LogP contribution in [0.5, 0.6) is 0 Å². The molecule has 0 aromatic carbocycles. The van der Waals surface area contributed by atoms with Crippen LogP contribution in [0.3, 0.4) is 0 Å². The van der Waals surface area contributed by atoms with E-state index in [4.69, 9.17) is 0 Å². The summed E-state index contributed by atoms with van der Waals surface area (Å²) in [6, 6.07) is 0. The van der Waals surface area contributed by atoms with Crippen LogP contribution in [0.4, 0.5) is 4.79 Å². The maximum atomic E-state index is 11.3. The number of sulfonamides is 1. The molecule has 0 spiro atoms. The summed E-state index contributed by atoms with van der Waals surface area (Å²) in [7, 11) is -3.27. The lowest BCUT2D eigenvalue weighted by atomic mass is 10.5. The molecule has 0 rings (SSSR count). The van der Waals surface area contributed by atoms with Gasteiger partial charge in [-0.25, -0.2) is 13.2 Å². The molecule has 0 aromatic rings. The van der Waals surface area contributed by atoms with Gasteiger partial charge in [0.15, 0.2) is 0 Å². The minimum atomic E-state index is -3.27. The fourth-order valence-electron chi connectivity index (χ4n) is 1.00. The summed E-state index contributed by atoms with van der Waals surface area (Å²) in [6.07, 6.45) is 2.06. The van der Waals surface area contributed by atoms with Crippen LogP contribution in [0.25, 0.3) is 0 Å². The van der Waals surface area contributed by atoms with Crippen LogP contribution >= 0.6 is 0 Å². The van der Waals surface area contributed by atoms with Gasteiger partial charge in [-0.3, -0.25) is 0 Å². The third kappa shape index (κ3) is 6.41. The predicted molar refractivity (Wildman–Crippen MR) is 61.6 cm³/mol. The predicted octanol–water partition coefficient (Wildman–Crippen LogP) is 0.180. The third-order valence-corrected chi connectivity index (χ3v) is 2.98. The van der Waals surface area contributed by atoms with E-state index in [0.29, 0.717) is 0 Å². The number of amides is 1. The van der Waals surface area contributed by atoms with Gasteiger partial charge in [-0.05, 0) is 6.92 Å². The fourth-order valence-corrected chi connectivity index (χ4v) is 1.80. The van der Waals surface area contributed by atoms with E-state index in [1.165, 1.54) is 10.4 Å². The first-order valence-electron chi connectivity index (χ1n) is 4.88. The number of carbonyl (C=O) groups is 1. The lowest BCUT2D eigenvalue weighted by Gasteiger charge is -2.17. The van der Waals surface area contributed by atoms with E-state index in [1.54, 1.807) is 6.92 Å². The average Bonchev–Trinajstić information content (AvgIpc) is 2.15. The number of nitrogens with one attached hydrogen (secondary N) is 1. The van der Waals surface area contributed by atoms with Crippen molar-refractivity contribution in [2.45, 2.75) is 6.92 Å². The summed E-state index contributed by atoms with van der Waals surface area (Å²) in [4.78, 5) is 10.9. The van der Waals surface area contributed by atoms with Gasteiger partial charge >= 0.3 is 6.09 Å². The van der Waals surface area contributed by atoms with Gasteiger partial charge in [0.1, 0.15) is 0 Å². The van der Waals surface area contributed by atoms with Gasteiger partial charge in [-0.2, -0.15) is 4.31 Å². The van der Waals surface area contributed by atoms with Crippen molar-refractivity contribution in [3.8, 4) is 0 Å². The molecule has 0 saturated carbocycles. The molecule has 6 nitrogen and oxygen atoms in total. The Balaban J connectivity index is 4.04. The van der Waals surface area contributed by atoms with Crippen molar-refractivity contribution in [3.05, 3.63) is 12.7 Å². The topological polar surface area (TPSA) is 75.7 Å². The molecule has 16 heavy (non-hydrogen) atoms. The Morgan fingerprint density at radius 2 is 2.19 bits per heavy atom. The number of hydrogen-bond donors (Lipinski definition) is 1. The van der Waals surface area contributed by atoms with Gasteiger partial charge in [-0.1, -0.05) is 6.08 Å². The zero-order valence-electron chi connectivity index (χ0n) is 9.60. The number of nitrogens with zero attached hydrogens (tertiary/aromatic N) is 1. The SMILES string of the molecule is C=CCN(CCNC(=O)OCC)S(C)(=O)=O. The summed E-state index contributed by atoms with van der Waals surface area (Å²) in [6.45, 7) is 6.08. The average molecular weight is 250 g/mol. The lowest BCUT2D eigenvalue weighted by Crippen LogP contribution is -2.38. The highest BCUT2D eigenvalue weighted by Gasteiger charge is 2.14. The second-order valence-corrected chi connectivity index (χ2v) is 5.04. The Hall–Kier alpha value is -1.08. The number of rotatable bonds is 7. The summed E-state index contributed by atoms with van der Waals surface area (Å²) in [5.41, 5.74) is 0. The molecule has 0 aliphatic carbocycles. The van der Waals surface area contributed by atoms with Gasteiger partial charge < -0.3 is 10.1 Å².